The van der Waals surface area contributed by atoms with Crippen LogP contribution in [-0.4, -0.2) is 5.11 Å². The fourth-order valence-electron chi connectivity index (χ4n) is 1.74. The van der Waals surface area contributed by atoms with Gasteiger partial charge in [-0.25, -0.2) is 0 Å². The van der Waals surface area contributed by atoms with Crippen molar-refractivity contribution in [2.75, 3.05) is 0 Å². The lowest BCUT2D eigenvalue weighted by atomic mass is 9.76. The molecule has 1 N–H and O–H groups in total. The van der Waals surface area contributed by atoms with Crippen LogP contribution < -0.4 is 0 Å². The van der Waals surface area contributed by atoms with E-state index in [1.165, 1.54) is 18.4 Å². The predicted molar refractivity (Wildman–Crippen MR) is 69.8 cm³/mol. The monoisotopic (exact) mass is 220 g/mol. The highest BCUT2D eigenvalue weighted by Crippen LogP contribution is 2.33. The molecule has 16 heavy (non-hydrogen) atoms. The van der Waals surface area contributed by atoms with Crippen molar-refractivity contribution in [3.63, 3.8) is 0 Å². The second-order valence-corrected chi connectivity index (χ2v) is 6.49. The molecule has 0 atom stereocenters. The Morgan fingerprint density at radius 1 is 0.875 bits per heavy atom. The lowest BCUT2D eigenvalue weighted by Crippen LogP contribution is -2.20. The summed E-state index contributed by atoms with van der Waals surface area (Å²) in [6.45, 7) is 11.4. The summed E-state index contributed by atoms with van der Waals surface area (Å²) in [5, 5.41) is 9.28. The quantitative estimate of drug-likeness (QED) is 0.795. The first-order chi connectivity index (χ1) is 7.21. The van der Waals surface area contributed by atoms with Crippen molar-refractivity contribution in [1.82, 2.24) is 0 Å². The van der Waals surface area contributed by atoms with Gasteiger partial charge in [0.2, 0.25) is 0 Å². The molecular weight excluding hydrogens is 196 g/mol. The maximum absolute atomic E-state index is 9.28. The number of benzene rings is 1. The molecule has 0 heterocycles. The Bertz CT molecular complexity index is 327. The lowest BCUT2D eigenvalue weighted by Gasteiger charge is -2.29. The van der Waals surface area contributed by atoms with Crippen molar-refractivity contribution in [2.24, 2.45) is 5.41 Å². The van der Waals surface area contributed by atoms with Gasteiger partial charge in [-0.05, 0) is 41.4 Å². The average Bonchev–Trinajstić information content (AvgIpc) is 2.15. The minimum absolute atomic E-state index is 0.182. The highest BCUT2D eigenvalue weighted by atomic mass is 16.3. The van der Waals surface area contributed by atoms with Crippen LogP contribution in [0.3, 0.4) is 0 Å². The highest BCUT2D eigenvalue weighted by molar-refractivity contribution is 5.30. The van der Waals surface area contributed by atoms with Crippen molar-refractivity contribution in [3.05, 3.63) is 29.8 Å². The second-order valence-electron chi connectivity index (χ2n) is 6.49. The van der Waals surface area contributed by atoms with Crippen LogP contribution in [0.2, 0.25) is 0 Å². The van der Waals surface area contributed by atoms with E-state index in [-0.39, 0.29) is 5.41 Å². The van der Waals surface area contributed by atoms with Crippen molar-refractivity contribution in [2.45, 2.75) is 52.9 Å². The molecule has 1 aromatic carbocycles. The SMILES string of the molecule is CC(C)(C)CCC(C)(C)c1ccc(O)cc1. The Balaban J connectivity index is 2.73. The molecule has 0 aliphatic carbocycles. The third kappa shape index (κ3) is 3.88. The van der Waals surface area contributed by atoms with Gasteiger partial charge in [-0.15, -0.1) is 0 Å². The molecule has 0 aliphatic rings. The molecule has 0 amide bonds. The van der Waals surface area contributed by atoms with Crippen LogP contribution in [0.1, 0.15) is 53.0 Å². The zero-order chi connectivity index (χ0) is 12.4. The topological polar surface area (TPSA) is 20.2 Å². The minimum atomic E-state index is 0.182. The van der Waals surface area contributed by atoms with Gasteiger partial charge < -0.3 is 5.11 Å². The minimum Gasteiger partial charge on any atom is -0.508 e. The summed E-state index contributed by atoms with van der Waals surface area (Å²) >= 11 is 0. The Morgan fingerprint density at radius 2 is 1.38 bits per heavy atom. The number of aromatic hydroxyl groups is 1. The second kappa shape index (κ2) is 4.48. The van der Waals surface area contributed by atoms with E-state index in [1.54, 1.807) is 12.1 Å². The zero-order valence-electron chi connectivity index (χ0n) is 11.2. The van der Waals surface area contributed by atoms with Crippen LogP contribution in [0.4, 0.5) is 0 Å². The van der Waals surface area contributed by atoms with Gasteiger partial charge in [-0.3, -0.25) is 0 Å². The van der Waals surface area contributed by atoms with Gasteiger partial charge in [-0.1, -0.05) is 46.8 Å². The molecule has 0 aromatic heterocycles. The standard InChI is InChI=1S/C15H24O/c1-14(2,3)10-11-15(4,5)12-6-8-13(16)9-7-12/h6-9,16H,10-11H2,1-5H3. The van der Waals surface area contributed by atoms with Gasteiger partial charge in [0.1, 0.15) is 5.75 Å². The van der Waals surface area contributed by atoms with Gasteiger partial charge in [0.05, 0.1) is 0 Å². The average molecular weight is 220 g/mol. The summed E-state index contributed by atoms with van der Waals surface area (Å²) in [5.41, 5.74) is 1.87. The molecule has 0 radical (unpaired) electrons. The van der Waals surface area contributed by atoms with Gasteiger partial charge in [0.15, 0.2) is 0 Å². The van der Waals surface area contributed by atoms with Gasteiger partial charge in [-0.2, -0.15) is 0 Å². The summed E-state index contributed by atoms with van der Waals surface area (Å²) in [4.78, 5) is 0. The lowest BCUT2D eigenvalue weighted by molar-refractivity contribution is 0.315. The van der Waals surface area contributed by atoms with Crippen LogP contribution in [0.5, 0.6) is 5.75 Å². The van der Waals surface area contributed by atoms with Crippen LogP contribution in [0, 0.1) is 5.41 Å². The summed E-state index contributed by atoms with van der Waals surface area (Å²) in [6, 6.07) is 7.60. The van der Waals surface area contributed by atoms with Crippen molar-refractivity contribution in [1.29, 1.82) is 0 Å². The molecule has 0 aliphatic heterocycles. The van der Waals surface area contributed by atoms with Crippen LogP contribution in [-0.2, 0) is 5.41 Å². The van der Waals surface area contributed by atoms with E-state index in [2.05, 4.69) is 34.6 Å². The smallest absolute Gasteiger partial charge is 0.115 e. The van der Waals surface area contributed by atoms with E-state index in [0.29, 0.717) is 11.2 Å². The molecule has 0 saturated heterocycles. The fourth-order valence-corrected chi connectivity index (χ4v) is 1.74. The molecule has 0 spiro atoms. The zero-order valence-corrected chi connectivity index (χ0v) is 11.2. The number of phenolic OH excluding ortho intramolecular Hbond substituents is 1. The summed E-state index contributed by atoms with van der Waals surface area (Å²) in [5.74, 6) is 0.343. The molecule has 0 bridgehead atoms. The Kier molecular flexibility index (Phi) is 3.67. The van der Waals surface area contributed by atoms with Crippen molar-refractivity contribution >= 4 is 0 Å². The van der Waals surface area contributed by atoms with E-state index in [9.17, 15) is 5.11 Å². The van der Waals surface area contributed by atoms with E-state index in [1.807, 2.05) is 12.1 Å². The van der Waals surface area contributed by atoms with Crippen LogP contribution in [0.15, 0.2) is 24.3 Å². The first-order valence-corrected chi connectivity index (χ1v) is 6.00. The summed E-state index contributed by atoms with van der Waals surface area (Å²) in [6.07, 6.45) is 2.38. The Hall–Kier alpha value is -0.980. The first-order valence-electron chi connectivity index (χ1n) is 6.00. The normalized spacial score (nSPS) is 12.8. The van der Waals surface area contributed by atoms with Crippen LogP contribution >= 0.6 is 0 Å². The number of phenols is 1. The van der Waals surface area contributed by atoms with E-state index < -0.39 is 0 Å². The van der Waals surface area contributed by atoms with E-state index in [0.717, 1.165) is 0 Å². The molecule has 90 valence electrons. The molecule has 0 saturated carbocycles. The molecular formula is C15H24O. The maximum atomic E-state index is 9.28. The highest BCUT2D eigenvalue weighted by Gasteiger charge is 2.23. The van der Waals surface area contributed by atoms with Gasteiger partial charge in [0.25, 0.3) is 0 Å². The Morgan fingerprint density at radius 3 is 1.81 bits per heavy atom. The molecule has 1 rings (SSSR count). The van der Waals surface area contributed by atoms with Crippen molar-refractivity contribution < 1.29 is 5.11 Å². The van der Waals surface area contributed by atoms with Crippen LogP contribution in [0.25, 0.3) is 0 Å². The fraction of sp³-hybridized carbons (Fsp3) is 0.600. The van der Waals surface area contributed by atoms with E-state index >= 15 is 0 Å². The molecule has 1 aromatic rings. The largest absolute Gasteiger partial charge is 0.508 e. The number of hydrogen-bond donors (Lipinski definition) is 1. The third-order valence-corrected chi connectivity index (χ3v) is 3.15. The number of hydrogen-bond acceptors (Lipinski definition) is 1. The summed E-state index contributed by atoms with van der Waals surface area (Å²) in [7, 11) is 0. The van der Waals surface area contributed by atoms with Gasteiger partial charge in [0, 0.05) is 0 Å². The molecule has 1 heteroatoms. The Labute approximate surface area is 99.5 Å². The van der Waals surface area contributed by atoms with Crippen molar-refractivity contribution in [3.8, 4) is 5.75 Å². The maximum Gasteiger partial charge on any atom is 0.115 e. The van der Waals surface area contributed by atoms with Gasteiger partial charge >= 0.3 is 0 Å². The molecule has 1 nitrogen and oxygen atoms in total. The third-order valence-electron chi connectivity index (χ3n) is 3.15. The molecule has 0 fully saturated rings. The summed E-state index contributed by atoms with van der Waals surface area (Å²) < 4.78 is 0. The number of rotatable bonds is 3. The van der Waals surface area contributed by atoms with E-state index in [4.69, 9.17) is 0 Å². The first kappa shape index (κ1) is 13.1. The molecule has 0 unspecified atom stereocenters. The predicted octanol–water partition coefficient (Wildman–Crippen LogP) is 4.50.